The number of aromatic nitrogens is 2. The molecule has 0 saturated carbocycles. The van der Waals surface area contributed by atoms with E-state index in [0.717, 1.165) is 24.2 Å². The number of nitrogens with one attached hydrogen (secondary N) is 1. The Morgan fingerprint density at radius 1 is 1.10 bits per heavy atom. The molecule has 0 saturated heterocycles. The highest BCUT2D eigenvalue weighted by Crippen LogP contribution is 2.29. The molecule has 2 aromatic carbocycles. The van der Waals surface area contributed by atoms with Gasteiger partial charge in [0.15, 0.2) is 10.9 Å². The van der Waals surface area contributed by atoms with E-state index in [2.05, 4.69) is 12.2 Å². The minimum atomic E-state index is -0.418. The van der Waals surface area contributed by atoms with E-state index in [1.54, 1.807) is 22.7 Å². The van der Waals surface area contributed by atoms with Crippen LogP contribution in [0.25, 0.3) is 0 Å². The van der Waals surface area contributed by atoms with Crippen molar-refractivity contribution >= 4 is 40.5 Å². The molecule has 30 heavy (non-hydrogen) atoms. The highest BCUT2D eigenvalue weighted by Gasteiger charge is 2.26. The molecule has 0 unspecified atom stereocenters. The third-order valence-electron chi connectivity index (χ3n) is 4.43. The van der Waals surface area contributed by atoms with Crippen molar-refractivity contribution in [3.8, 4) is 0 Å². The molecule has 0 radical (unpaired) electrons. The van der Waals surface area contributed by atoms with E-state index in [9.17, 15) is 4.79 Å². The second-order valence-corrected chi connectivity index (χ2v) is 7.06. The number of para-hydroxylation sites is 2. The number of thiocarbonyl (C=S) groups is 1. The number of ether oxygens (including phenoxy) is 1. The fourth-order valence-electron chi connectivity index (χ4n) is 2.98. The van der Waals surface area contributed by atoms with Gasteiger partial charge in [-0.3, -0.25) is 9.58 Å². The Balaban J connectivity index is 2.05. The average molecular weight is 423 g/mol. The molecule has 1 aromatic heterocycles. The second-order valence-electron chi connectivity index (χ2n) is 6.67. The van der Waals surface area contributed by atoms with Crippen molar-refractivity contribution in [3.05, 3.63) is 72.4 Å². The largest absolute Gasteiger partial charge is 0.462 e. The van der Waals surface area contributed by atoms with Gasteiger partial charge in [-0.05, 0) is 49.8 Å². The van der Waals surface area contributed by atoms with Crippen LogP contribution in [-0.4, -0.2) is 27.5 Å². The molecule has 0 aliphatic carbocycles. The number of esters is 1. The smallest absolute Gasteiger partial charge is 0.343 e. The van der Waals surface area contributed by atoms with Gasteiger partial charge in [-0.15, -0.1) is 0 Å². The molecule has 0 spiro atoms. The minimum absolute atomic E-state index is 0.288. The van der Waals surface area contributed by atoms with Crippen molar-refractivity contribution in [3.63, 3.8) is 0 Å². The Morgan fingerprint density at radius 2 is 1.77 bits per heavy atom. The predicted octanol–water partition coefficient (Wildman–Crippen LogP) is 5.40. The molecule has 1 N–H and O–H groups in total. The van der Waals surface area contributed by atoms with E-state index < -0.39 is 5.97 Å². The Labute approximate surface area is 182 Å². The van der Waals surface area contributed by atoms with Crippen LogP contribution in [0.15, 0.2) is 66.9 Å². The monoisotopic (exact) mass is 422 g/mol. The van der Waals surface area contributed by atoms with E-state index in [1.807, 2.05) is 60.7 Å². The molecule has 156 valence electrons. The number of carbonyl (C=O) groups excluding carboxylic acids is 1. The number of hydrogen-bond acceptors (Lipinski definition) is 4. The van der Waals surface area contributed by atoms with Crippen LogP contribution in [0, 0.1) is 0 Å². The molecule has 3 aromatic rings. The number of anilines is 3. The van der Waals surface area contributed by atoms with Gasteiger partial charge in [0.25, 0.3) is 0 Å². The molecular weight excluding hydrogens is 396 g/mol. The van der Waals surface area contributed by atoms with Crippen LogP contribution < -0.4 is 10.2 Å². The standard InChI is InChI=1S/C23H26N4O2S/c1-3-5-16-26-17-20(22(28)29-4-2)21(25-26)27(19-14-10-7-11-15-19)23(30)24-18-12-8-6-9-13-18/h6-15,17H,3-5,16H2,1-2H3,(H,24,30). The molecule has 0 atom stereocenters. The van der Waals surface area contributed by atoms with Crippen LogP contribution in [-0.2, 0) is 11.3 Å². The highest BCUT2D eigenvalue weighted by molar-refractivity contribution is 7.80. The SMILES string of the molecule is CCCCn1cc(C(=O)OCC)c(N(C(=S)Nc2ccccc2)c2ccccc2)n1. The van der Waals surface area contributed by atoms with Gasteiger partial charge in [-0.1, -0.05) is 49.7 Å². The fraction of sp³-hybridized carbons (Fsp3) is 0.261. The van der Waals surface area contributed by atoms with Crippen LogP contribution in [0.1, 0.15) is 37.0 Å². The predicted molar refractivity (Wildman–Crippen MR) is 124 cm³/mol. The van der Waals surface area contributed by atoms with Crippen LogP contribution in [0.3, 0.4) is 0 Å². The lowest BCUT2D eigenvalue weighted by atomic mass is 10.2. The van der Waals surface area contributed by atoms with Gasteiger partial charge in [0.1, 0.15) is 5.56 Å². The van der Waals surface area contributed by atoms with Gasteiger partial charge in [-0.2, -0.15) is 5.10 Å². The third-order valence-corrected chi connectivity index (χ3v) is 4.72. The number of hydrogen-bond donors (Lipinski definition) is 1. The number of unbranched alkanes of at least 4 members (excludes halogenated alkanes) is 1. The first-order valence-electron chi connectivity index (χ1n) is 10.1. The summed E-state index contributed by atoms with van der Waals surface area (Å²) in [5.41, 5.74) is 2.04. The zero-order chi connectivity index (χ0) is 21.3. The summed E-state index contributed by atoms with van der Waals surface area (Å²) in [5.74, 6) is 0.0304. The van der Waals surface area contributed by atoms with Crippen molar-refractivity contribution in [1.29, 1.82) is 0 Å². The van der Waals surface area contributed by atoms with Crippen LogP contribution in [0.2, 0.25) is 0 Å². The lowest BCUT2D eigenvalue weighted by Gasteiger charge is -2.24. The van der Waals surface area contributed by atoms with Crippen molar-refractivity contribution in [2.45, 2.75) is 33.2 Å². The van der Waals surface area contributed by atoms with E-state index in [-0.39, 0.29) is 6.61 Å². The first-order valence-corrected chi connectivity index (χ1v) is 10.5. The number of nitrogens with zero attached hydrogens (tertiary/aromatic N) is 3. The average Bonchev–Trinajstić information content (AvgIpc) is 3.18. The first-order chi connectivity index (χ1) is 14.6. The van der Waals surface area contributed by atoms with Gasteiger partial charge in [0.05, 0.1) is 6.61 Å². The molecule has 0 aliphatic rings. The number of aryl methyl sites for hydroxylation is 1. The molecule has 3 rings (SSSR count). The van der Waals surface area contributed by atoms with Gasteiger partial charge >= 0.3 is 5.97 Å². The first kappa shape index (κ1) is 21.5. The molecule has 6 nitrogen and oxygen atoms in total. The number of benzene rings is 2. The topological polar surface area (TPSA) is 59.4 Å². The molecule has 0 aliphatic heterocycles. The highest BCUT2D eigenvalue weighted by atomic mass is 32.1. The van der Waals surface area contributed by atoms with Gasteiger partial charge in [-0.25, -0.2) is 4.79 Å². The molecule has 0 amide bonds. The fourth-order valence-corrected chi connectivity index (χ4v) is 3.29. The van der Waals surface area contributed by atoms with E-state index in [0.29, 0.717) is 23.0 Å². The molecule has 0 fully saturated rings. The van der Waals surface area contributed by atoms with Crippen LogP contribution in [0.4, 0.5) is 17.2 Å². The van der Waals surface area contributed by atoms with E-state index in [1.165, 1.54) is 0 Å². The molecular formula is C23H26N4O2S. The maximum atomic E-state index is 12.7. The summed E-state index contributed by atoms with van der Waals surface area (Å²) in [4.78, 5) is 14.5. The van der Waals surface area contributed by atoms with Crippen LogP contribution in [0.5, 0.6) is 0 Å². The maximum Gasteiger partial charge on any atom is 0.343 e. The molecule has 1 heterocycles. The summed E-state index contributed by atoms with van der Waals surface area (Å²) in [7, 11) is 0. The summed E-state index contributed by atoms with van der Waals surface area (Å²) in [6, 6.07) is 19.3. The quantitative estimate of drug-likeness (QED) is 0.388. The summed E-state index contributed by atoms with van der Waals surface area (Å²) in [5, 5.41) is 8.37. The van der Waals surface area contributed by atoms with Crippen molar-refractivity contribution < 1.29 is 9.53 Å². The van der Waals surface area contributed by atoms with Crippen LogP contribution >= 0.6 is 12.2 Å². The van der Waals surface area contributed by atoms with Crippen molar-refractivity contribution in [2.24, 2.45) is 0 Å². The molecule has 0 bridgehead atoms. The normalized spacial score (nSPS) is 10.5. The maximum absolute atomic E-state index is 12.7. The Morgan fingerprint density at radius 3 is 2.40 bits per heavy atom. The van der Waals surface area contributed by atoms with Crippen molar-refractivity contribution in [2.75, 3.05) is 16.8 Å². The third kappa shape index (κ3) is 5.24. The Bertz CT molecular complexity index is 973. The Kier molecular flexibility index (Phi) is 7.57. The Hall–Kier alpha value is -3.19. The number of carbonyl (C=O) groups is 1. The zero-order valence-electron chi connectivity index (χ0n) is 17.2. The summed E-state index contributed by atoms with van der Waals surface area (Å²) >= 11 is 5.74. The summed E-state index contributed by atoms with van der Waals surface area (Å²) in [6.45, 7) is 4.91. The zero-order valence-corrected chi connectivity index (χ0v) is 18.1. The summed E-state index contributed by atoms with van der Waals surface area (Å²) < 4.78 is 7.07. The minimum Gasteiger partial charge on any atom is -0.462 e. The number of rotatable bonds is 8. The van der Waals surface area contributed by atoms with E-state index in [4.69, 9.17) is 22.1 Å². The lowest BCUT2D eigenvalue weighted by Crippen LogP contribution is -2.32. The second kappa shape index (κ2) is 10.5. The summed E-state index contributed by atoms with van der Waals surface area (Å²) in [6.07, 6.45) is 3.73. The molecule has 7 heteroatoms. The van der Waals surface area contributed by atoms with Gasteiger partial charge < -0.3 is 10.1 Å². The van der Waals surface area contributed by atoms with E-state index >= 15 is 0 Å². The van der Waals surface area contributed by atoms with Crippen molar-refractivity contribution in [1.82, 2.24) is 9.78 Å². The van der Waals surface area contributed by atoms with Gasteiger partial charge in [0.2, 0.25) is 0 Å². The lowest BCUT2D eigenvalue weighted by molar-refractivity contribution is 0.0527. The van der Waals surface area contributed by atoms with Gasteiger partial charge in [0, 0.05) is 24.1 Å².